The summed E-state index contributed by atoms with van der Waals surface area (Å²) in [5.74, 6) is 0.915. The van der Waals surface area contributed by atoms with E-state index in [9.17, 15) is 4.79 Å². The molecule has 0 aliphatic carbocycles. The van der Waals surface area contributed by atoms with E-state index in [0.717, 1.165) is 29.8 Å². The monoisotopic (exact) mass is 245 g/mol. The van der Waals surface area contributed by atoms with Crippen LogP contribution in [0.3, 0.4) is 0 Å². The summed E-state index contributed by atoms with van der Waals surface area (Å²) < 4.78 is 1.99. The Morgan fingerprint density at radius 2 is 2.17 bits per heavy atom. The zero-order valence-corrected chi connectivity index (χ0v) is 11.1. The number of imidazole rings is 1. The first-order valence-electron chi connectivity index (χ1n) is 6.36. The highest BCUT2D eigenvalue weighted by atomic mass is 16.2. The summed E-state index contributed by atoms with van der Waals surface area (Å²) in [4.78, 5) is 16.5. The summed E-state index contributed by atoms with van der Waals surface area (Å²) in [6.07, 6.45) is 0.947. The van der Waals surface area contributed by atoms with Gasteiger partial charge in [0.1, 0.15) is 11.9 Å². The highest BCUT2D eigenvalue weighted by Gasteiger charge is 2.18. The maximum Gasteiger partial charge on any atom is 0.242 e. The number of fused-ring (bicyclic) bond motifs is 1. The Morgan fingerprint density at radius 3 is 2.89 bits per heavy atom. The molecule has 1 unspecified atom stereocenters. The van der Waals surface area contributed by atoms with Crippen LogP contribution < -0.4 is 5.32 Å². The molecule has 1 N–H and O–H groups in total. The van der Waals surface area contributed by atoms with Crippen molar-refractivity contribution >= 4 is 16.9 Å². The van der Waals surface area contributed by atoms with Gasteiger partial charge in [-0.25, -0.2) is 4.98 Å². The normalized spacial score (nSPS) is 12.6. The minimum absolute atomic E-state index is 0.0445. The molecule has 0 fully saturated rings. The van der Waals surface area contributed by atoms with E-state index in [1.54, 1.807) is 0 Å². The van der Waals surface area contributed by atoms with Gasteiger partial charge in [-0.05, 0) is 32.4 Å². The summed E-state index contributed by atoms with van der Waals surface area (Å²) in [5, 5.41) is 2.92. The van der Waals surface area contributed by atoms with Gasteiger partial charge in [0.2, 0.25) is 5.91 Å². The molecule has 0 saturated heterocycles. The van der Waals surface area contributed by atoms with Crippen molar-refractivity contribution in [3.05, 3.63) is 30.1 Å². The van der Waals surface area contributed by atoms with Gasteiger partial charge >= 0.3 is 0 Å². The fraction of sp³-hybridized carbons (Fsp3) is 0.429. The average molecular weight is 245 g/mol. The van der Waals surface area contributed by atoms with Crippen LogP contribution in [0.1, 0.15) is 32.1 Å². The quantitative estimate of drug-likeness (QED) is 0.899. The van der Waals surface area contributed by atoms with E-state index in [2.05, 4.69) is 10.3 Å². The van der Waals surface area contributed by atoms with Crippen molar-refractivity contribution in [2.75, 3.05) is 6.54 Å². The second kappa shape index (κ2) is 5.21. The number of carbonyl (C=O) groups is 1. The molecule has 1 aromatic heterocycles. The number of para-hydroxylation sites is 2. The van der Waals surface area contributed by atoms with Crippen LogP contribution in [0.25, 0.3) is 11.0 Å². The number of nitrogens with zero attached hydrogens (tertiary/aromatic N) is 2. The van der Waals surface area contributed by atoms with Gasteiger partial charge < -0.3 is 9.88 Å². The molecule has 1 aromatic carbocycles. The second-order valence-corrected chi connectivity index (χ2v) is 4.48. The third-order valence-corrected chi connectivity index (χ3v) is 3.09. The first-order chi connectivity index (χ1) is 8.65. The topological polar surface area (TPSA) is 46.9 Å². The zero-order valence-electron chi connectivity index (χ0n) is 11.1. The third kappa shape index (κ3) is 2.23. The van der Waals surface area contributed by atoms with E-state index >= 15 is 0 Å². The van der Waals surface area contributed by atoms with Crippen LogP contribution in [0.5, 0.6) is 0 Å². The number of aromatic nitrogens is 2. The molecule has 2 aromatic rings. The Hall–Kier alpha value is -1.84. The Morgan fingerprint density at radius 1 is 1.44 bits per heavy atom. The van der Waals surface area contributed by atoms with E-state index in [1.807, 2.05) is 49.6 Å². The molecular formula is C14H19N3O. The lowest BCUT2D eigenvalue weighted by atomic mass is 10.2. The molecule has 1 amide bonds. The number of hydrogen-bond acceptors (Lipinski definition) is 2. The van der Waals surface area contributed by atoms with Crippen molar-refractivity contribution < 1.29 is 4.79 Å². The van der Waals surface area contributed by atoms with Gasteiger partial charge in [-0.15, -0.1) is 0 Å². The molecule has 96 valence electrons. The van der Waals surface area contributed by atoms with Gasteiger partial charge in [0, 0.05) is 6.54 Å². The molecule has 0 radical (unpaired) electrons. The first-order valence-corrected chi connectivity index (χ1v) is 6.36. The number of nitrogens with one attached hydrogen (secondary N) is 1. The minimum Gasteiger partial charge on any atom is -0.354 e. The van der Waals surface area contributed by atoms with Gasteiger partial charge in [-0.1, -0.05) is 19.1 Å². The van der Waals surface area contributed by atoms with E-state index in [-0.39, 0.29) is 11.9 Å². The smallest absolute Gasteiger partial charge is 0.242 e. The fourth-order valence-corrected chi connectivity index (χ4v) is 2.17. The summed E-state index contributed by atoms with van der Waals surface area (Å²) >= 11 is 0. The van der Waals surface area contributed by atoms with Gasteiger partial charge in [0.05, 0.1) is 11.0 Å². The Bertz CT molecular complexity index is 559. The predicted molar refractivity (Wildman–Crippen MR) is 72.5 cm³/mol. The highest BCUT2D eigenvalue weighted by Crippen LogP contribution is 2.20. The lowest BCUT2D eigenvalue weighted by molar-refractivity contribution is -0.123. The Labute approximate surface area is 107 Å². The molecule has 1 atom stereocenters. The molecule has 18 heavy (non-hydrogen) atoms. The second-order valence-electron chi connectivity index (χ2n) is 4.48. The molecule has 1 heterocycles. The first kappa shape index (κ1) is 12.6. The van der Waals surface area contributed by atoms with E-state index in [1.165, 1.54) is 0 Å². The Balaban J connectivity index is 2.35. The summed E-state index contributed by atoms with van der Waals surface area (Å²) in [6.45, 7) is 6.60. The number of aryl methyl sites for hydroxylation is 1. The predicted octanol–water partition coefficient (Wildman–Crippen LogP) is 2.43. The van der Waals surface area contributed by atoms with Crippen LogP contribution >= 0.6 is 0 Å². The maximum absolute atomic E-state index is 12.0. The SMILES string of the molecule is CCCNC(=O)C(C)n1c(C)nc2ccccc21. The van der Waals surface area contributed by atoms with E-state index in [0.29, 0.717) is 0 Å². The molecule has 4 nitrogen and oxygen atoms in total. The lowest BCUT2D eigenvalue weighted by Gasteiger charge is -2.16. The van der Waals surface area contributed by atoms with Crippen LogP contribution in [0.15, 0.2) is 24.3 Å². The molecule has 0 aliphatic rings. The van der Waals surface area contributed by atoms with Crippen LogP contribution in [-0.4, -0.2) is 22.0 Å². The lowest BCUT2D eigenvalue weighted by Crippen LogP contribution is -2.31. The number of benzene rings is 1. The van der Waals surface area contributed by atoms with Gasteiger partial charge in [0.25, 0.3) is 0 Å². The van der Waals surface area contributed by atoms with E-state index < -0.39 is 0 Å². The van der Waals surface area contributed by atoms with Crippen LogP contribution in [-0.2, 0) is 4.79 Å². The standard InChI is InChI=1S/C14H19N3O/c1-4-9-15-14(18)10(2)17-11(3)16-12-7-5-6-8-13(12)17/h5-8,10H,4,9H2,1-3H3,(H,15,18). The summed E-state index contributed by atoms with van der Waals surface area (Å²) in [7, 11) is 0. The number of hydrogen-bond donors (Lipinski definition) is 1. The molecule has 2 rings (SSSR count). The molecule has 4 heteroatoms. The molecule has 0 spiro atoms. The van der Waals surface area contributed by atoms with Crippen molar-refractivity contribution in [3.63, 3.8) is 0 Å². The minimum atomic E-state index is -0.232. The Kier molecular flexibility index (Phi) is 3.65. The molecule has 0 aliphatic heterocycles. The fourth-order valence-electron chi connectivity index (χ4n) is 2.17. The van der Waals surface area contributed by atoms with Crippen molar-refractivity contribution in [1.82, 2.24) is 14.9 Å². The number of amides is 1. The maximum atomic E-state index is 12.0. The number of carbonyl (C=O) groups excluding carboxylic acids is 1. The van der Waals surface area contributed by atoms with Crippen LogP contribution in [0.4, 0.5) is 0 Å². The van der Waals surface area contributed by atoms with Crippen LogP contribution in [0.2, 0.25) is 0 Å². The zero-order chi connectivity index (χ0) is 13.1. The van der Waals surface area contributed by atoms with Crippen molar-refractivity contribution in [2.45, 2.75) is 33.2 Å². The van der Waals surface area contributed by atoms with Crippen molar-refractivity contribution in [2.24, 2.45) is 0 Å². The summed E-state index contributed by atoms with van der Waals surface area (Å²) in [6, 6.07) is 7.66. The largest absolute Gasteiger partial charge is 0.354 e. The molecule has 0 saturated carbocycles. The van der Waals surface area contributed by atoms with Crippen LogP contribution in [0, 0.1) is 6.92 Å². The third-order valence-electron chi connectivity index (χ3n) is 3.09. The van der Waals surface area contributed by atoms with Gasteiger partial charge in [0.15, 0.2) is 0 Å². The molecule has 0 bridgehead atoms. The van der Waals surface area contributed by atoms with Gasteiger partial charge in [-0.2, -0.15) is 0 Å². The highest BCUT2D eigenvalue weighted by molar-refractivity contribution is 5.84. The summed E-state index contributed by atoms with van der Waals surface area (Å²) in [5.41, 5.74) is 1.94. The van der Waals surface area contributed by atoms with E-state index in [4.69, 9.17) is 0 Å². The van der Waals surface area contributed by atoms with Crippen molar-refractivity contribution in [1.29, 1.82) is 0 Å². The van der Waals surface area contributed by atoms with Gasteiger partial charge in [-0.3, -0.25) is 4.79 Å². The number of rotatable bonds is 4. The average Bonchev–Trinajstić information content (AvgIpc) is 2.70. The van der Waals surface area contributed by atoms with Crippen molar-refractivity contribution in [3.8, 4) is 0 Å². The molecular weight excluding hydrogens is 226 g/mol.